The Morgan fingerprint density at radius 1 is 1.28 bits per heavy atom. The lowest BCUT2D eigenvalue weighted by atomic mass is 9.93. The Balaban J connectivity index is 1.90. The van der Waals surface area contributed by atoms with Gasteiger partial charge in [0.1, 0.15) is 6.61 Å². The molecule has 0 saturated carbocycles. The number of halogens is 1. The van der Waals surface area contributed by atoms with Crippen LogP contribution in [0.5, 0.6) is 11.5 Å². The number of hydrogen-bond acceptors (Lipinski definition) is 7. The fourth-order valence-electron chi connectivity index (χ4n) is 4.40. The second kappa shape index (κ2) is 12.1. The molecule has 1 aliphatic heterocycles. The number of terminal acetylenes is 1. The largest absolute Gasteiger partial charge is 0.493 e. The molecule has 0 spiro atoms. The highest BCUT2D eigenvalue weighted by Crippen LogP contribution is 2.37. The average molecular weight is 610 g/mol. The Hall–Kier alpha value is -3.61. The lowest BCUT2D eigenvalue weighted by Gasteiger charge is -2.25. The third-order valence-corrected chi connectivity index (χ3v) is 7.86. The summed E-state index contributed by atoms with van der Waals surface area (Å²) in [5.74, 6) is 3.26. The van der Waals surface area contributed by atoms with Crippen LogP contribution in [0.2, 0.25) is 0 Å². The molecule has 2 aromatic carbocycles. The minimum absolute atomic E-state index is 0.0905. The standard InChI is InChI=1S/C30H29BrN2O5S/c1-7-13-38-27-22(31)14-19(15-23(27)36-6)16-24-28(34)33-26(21-11-9-20(10-12-21)17(3)4)25(29(35)37-8-2)18(5)32-30(33)39-24/h1,9-12,14-17,26H,8,13H2,2-6H3/b24-16+/t26-/m0/s1. The van der Waals surface area contributed by atoms with Crippen LogP contribution in [-0.4, -0.2) is 30.9 Å². The quantitative estimate of drug-likeness (QED) is 0.273. The number of benzene rings is 2. The molecule has 0 unspecified atom stereocenters. The maximum absolute atomic E-state index is 13.9. The van der Waals surface area contributed by atoms with Crippen LogP contribution in [0.1, 0.15) is 56.3 Å². The van der Waals surface area contributed by atoms with Gasteiger partial charge < -0.3 is 14.2 Å². The Morgan fingerprint density at radius 3 is 2.62 bits per heavy atom. The van der Waals surface area contributed by atoms with Crippen molar-refractivity contribution in [2.75, 3.05) is 20.3 Å². The summed E-state index contributed by atoms with van der Waals surface area (Å²) in [5, 5.41) is 0. The lowest BCUT2D eigenvalue weighted by molar-refractivity contribution is -0.139. The summed E-state index contributed by atoms with van der Waals surface area (Å²) in [4.78, 5) is 32.1. The Bertz CT molecular complexity index is 1660. The first kappa shape index (κ1) is 28.4. The van der Waals surface area contributed by atoms with Gasteiger partial charge in [0, 0.05) is 0 Å². The van der Waals surface area contributed by atoms with Gasteiger partial charge >= 0.3 is 5.97 Å². The number of esters is 1. The van der Waals surface area contributed by atoms with E-state index in [1.807, 2.05) is 30.3 Å². The Labute approximate surface area is 239 Å². The minimum Gasteiger partial charge on any atom is -0.493 e. The van der Waals surface area contributed by atoms with E-state index in [1.54, 1.807) is 30.6 Å². The van der Waals surface area contributed by atoms with Crippen LogP contribution in [0.15, 0.2) is 61.9 Å². The second-order valence-electron chi connectivity index (χ2n) is 9.15. The summed E-state index contributed by atoms with van der Waals surface area (Å²) in [6.07, 6.45) is 7.10. The van der Waals surface area contributed by atoms with Crippen LogP contribution in [0.25, 0.3) is 6.08 Å². The lowest BCUT2D eigenvalue weighted by Crippen LogP contribution is -2.39. The highest BCUT2D eigenvalue weighted by molar-refractivity contribution is 9.10. The number of thiazole rings is 1. The van der Waals surface area contributed by atoms with Gasteiger partial charge in [-0.25, -0.2) is 9.79 Å². The number of nitrogens with zero attached hydrogens (tertiary/aromatic N) is 2. The Kier molecular flexibility index (Phi) is 8.78. The molecule has 0 amide bonds. The van der Waals surface area contributed by atoms with Gasteiger partial charge in [-0.15, -0.1) is 6.42 Å². The molecule has 0 aliphatic carbocycles. The van der Waals surface area contributed by atoms with Gasteiger partial charge in [0.05, 0.1) is 40.0 Å². The van der Waals surface area contributed by atoms with E-state index in [0.29, 0.717) is 42.5 Å². The summed E-state index contributed by atoms with van der Waals surface area (Å²) in [5.41, 5.74) is 3.32. The molecular formula is C30H29BrN2O5S. The van der Waals surface area contributed by atoms with E-state index in [-0.39, 0.29) is 18.8 Å². The van der Waals surface area contributed by atoms with E-state index < -0.39 is 12.0 Å². The van der Waals surface area contributed by atoms with Crippen LogP contribution in [0.4, 0.5) is 0 Å². The first-order valence-electron chi connectivity index (χ1n) is 12.4. The average Bonchev–Trinajstić information content (AvgIpc) is 3.21. The minimum atomic E-state index is -0.663. The number of carbonyl (C=O) groups is 1. The van der Waals surface area contributed by atoms with Crippen molar-refractivity contribution in [1.82, 2.24) is 4.57 Å². The molecule has 7 nitrogen and oxygen atoms in total. The van der Waals surface area contributed by atoms with Crippen molar-refractivity contribution in [2.24, 2.45) is 4.99 Å². The normalized spacial score (nSPS) is 15.0. The molecule has 9 heteroatoms. The SMILES string of the molecule is C#CCOc1c(Br)cc(/C=c2/sc3n(c2=O)[C@@H](c2ccc(C(C)C)cc2)C(C(=O)OCC)=C(C)N=3)cc1OC. The number of fused-ring (bicyclic) bond motifs is 1. The van der Waals surface area contributed by atoms with Crippen LogP contribution in [0, 0.1) is 12.3 Å². The zero-order valence-corrected chi connectivity index (χ0v) is 24.8. The molecule has 0 saturated heterocycles. The van der Waals surface area contributed by atoms with Gasteiger partial charge in [-0.1, -0.05) is 55.4 Å². The zero-order chi connectivity index (χ0) is 28.3. The van der Waals surface area contributed by atoms with E-state index in [1.165, 1.54) is 24.0 Å². The predicted octanol–water partition coefficient (Wildman–Crippen LogP) is 4.70. The maximum atomic E-state index is 13.9. The first-order chi connectivity index (χ1) is 18.7. The van der Waals surface area contributed by atoms with Crippen molar-refractivity contribution >= 4 is 39.3 Å². The molecule has 39 heavy (non-hydrogen) atoms. The van der Waals surface area contributed by atoms with Crippen LogP contribution in [0.3, 0.4) is 0 Å². The molecule has 0 bridgehead atoms. The first-order valence-corrected chi connectivity index (χ1v) is 14.0. The monoisotopic (exact) mass is 608 g/mol. The molecule has 1 aromatic heterocycles. The van der Waals surface area contributed by atoms with Crippen molar-refractivity contribution in [3.8, 4) is 23.8 Å². The topological polar surface area (TPSA) is 79.1 Å². The molecule has 0 N–H and O–H groups in total. The van der Waals surface area contributed by atoms with Crippen LogP contribution in [-0.2, 0) is 9.53 Å². The molecule has 0 fully saturated rings. The number of aromatic nitrogens is 1. The molecule has 202 valence electrons. The van der Waals surface area contributed by atoms with Gasteiger partial charge in [-0.2, -0.15) is 0 Å². The zero-order valence-electron chi connectivity index (χ0n) is 22.4. The number of hydrogen-bond donors (Lipinski definition) is 0. The summed E-state index contributed by atoms with van der Waals surface area (Å²) < 4.78 is 19.2. The molecular weight excluding hydrogens is 580 g/mol. The van der Waals surface area contributed by atoms with Crippen molar-refractivity contribution in [1.29, 1.82) is 0 Å². The summed E-state index contributed by atoms with van der Waals surface area (Å²) in [7, 11) is 1.53. The molecule has 1 aliphatic rings. The molecule has 0 radical (unpaired) electrons. The number of methoxy groups -OCH3 is 1. The number of carbonyl (C=O) groups excluding carboxylic acids is 1. The van der Waals surface area contributed by atoms with Crippen molar-refractivity contribution in [2.45, 2.75) is 39.7 Å². The van der Waals surface area contributed by atoms with E-state index in [9.17, 15) is 9.59 Å². The summed E-state index contributed by atoms with van der Waals surface area (Å²) in [6.45, 7) is 8.07. The third kappa shape index (κ3) is 5.72. The third-order valence-electron chi connectivity index (χ3n) is 6.29. The second-order valence-corrected chi connectivity index (χ2v) is 11.0. The predicted molar refractivity (Wildman–Crippen MR) is 156 cm³/mol. The van der Waals surface area contributed by atoms with Gasteiger partial charge in [0.2, 0.25) is 0 Å². The molecule has 1 atom stereocenters. The summed E-state index contributed by atoms with van der Waals surface area (Å²) in [6, 6.07) is 10.9. The molecule has 2 heterocycles. The number of allylic oxidation sites excluding steroid dienone is 1. The van der Waals surface area contributed by atoms with Crippen molar-refractivity contribution < 1.29 is 19.0 Å². The smallest absolute Gasteiger partial charge is 0.338 e. The fourth-order valence-corrected chi connectivity index (χ4v) is 6.02. The highest BCUT2D eigenvalue weighted by atomic mass is 79.9. The maximum Gasteiger partial charge on any atom is 0.338 e. The van der Waals surface area contributed by atoms with Crippen molar-refractivity contribution in [3.05, 3.63) is 88.5 Å². The van der Waals surface area contributed by atoms with Crippen LogP contribution < -0.4 is 24.4 Å². The molecule has 4 rings (SSSR count). The van der Waals surface area contributed by atoms with E-state index in [4.69, 9.17) is 20.6 Å². The molecule has 3 aromatic rings. The van der Waals surface area contributed by atoms with Crippen LogP contribution >= 0.6 is 27.3 Å². The summed E-state index contributed by atoms with van der Waals surface area (Å²) >= 11 is 4.77. The van der Waals surface area contributed by atoms with Crippen molar-refractivity contribution in [3.63, 3.8) is 0 Å². The van der Waals surface area contributed by atoms with Gasteiger partial charge in [0.25, 0.3) is 5.56 Å². The van der Waals surface area contributed by atoms with E-state index >= 15 is 0 Å². The van der Waals surface area contributed by atoms with E-state index in [0.717, 1.165) is 11.1 Å². The van der Waals surface area contributed by atoms with E-state index in [2.05, 4.69) is 40.7 Å². The number of ether oxygens (including phenoxy) is 3. The van der Waals surface area contributed by atoms with Gasteiger partial charge in [0.15, 0.2) is 16.3 Å². The highest BCUT2D eigenvalue weighted by Gasteiger charge is 2.33. The van der Waals surface area contributed by atoms with Gasteiger partial charge in [-0.3, -0.25) is 9.36 Å². The van der Waals surface area contributed by atoms with Gasteiger partial charge in [-0.05, 0) is 70.6 Å². The fraction of sp³-hybridized carbons (Fsp3) is 0.300. The Morgan fingerprint density at radius 2 is 2.00 bits per heavy atom. The number of rotatable bonds is 8.